The van der Waals surface area contributed by atoms with Gasteiger partial charge in [0.2, 0.25) is 0 Å². The summed E-state index contributed by atoms with van der Waals surface area (Å²) in [6.45, 7) is 1.58. The maximum absolute atomic E-state index is 5.07. The molecule has 1 aromatic carbocycles. The molecule has 1 aliphatic heterocycles. The van der Waals surface area contributed by atoms with Gasteiger partial charge in [-0.05, 0) is 11.6 Å². The van der Waals surface area contributed by atoms with Crippen molar-refractivity contribution in [1.29, 1.82) is 0 Å². The van der Waals surface area contributed by atoms with E-state index < -0.39 is 0 Å². The molecule has 3 heteroatoms. The second-order valence-electron chi connectivity index (χ2n) is 2.79. The quantitative estimate of drug-likeness (QED) is 0.589. The van der Waals surface area contributed by atoms with E-state index in [4.69, 9.17) is 12.2 Å². The van der Waals surface area contributed by atoms with Crippen molar-refractivity contribution in [3.63, 3.8) is 0 Å². The highest BCUT2D eigenvalue weighted by Crippen LogP contribution is 2.15. The third-order valence-corrected chi connectivity index (χ3v) is 2.22. The number of thiocarbonyl (C=S) groups is 1. The first-order valence-corrected chi connectivity index (χ1v) is 4.35. The summed E-state index contributed by atoms with van der Waals surface area (Å²) in [5.74, 6) is 0. The second-order valence-corrected chi connectivity index (χ2v) is 3.28. The molecule has 0 atom stereocenters. The first-order valence-electron chi connectivity index (χ1n) is 3.95. The van der Waals surface area contributed by atoms with Crippen LogP contribution in [-0.2, 0) is 6.54 Å². The summed E-state index contributed by atoms with van der Waals surface area (Å²) < 4.78 is 0. The monoisotopic (exact) mass is 178 g/mol. The van der Waals surface area contributed by atoms with Crippen LogP contribution in [0.2, 0.25) is 0 Å². The van der Waals surface area contributed by atoms with Crippen molar-refractivity contribution in [2.45, 2.75) is 6.54 Å². The number of anilines is 1. The molecule has 1 aromatic rings. The van der Waals surface area contributed by atoms with Crippen molar-refractivity contribution in [2.24, 2.45) is 0 Å². The molecule has 0 aliphatic carbocycles. The molecule has 62 valence electrons. The summed E-state index contributed by atoms with van der Waals surface area (Å²) in [5.41, 5.74) is 2.46. The molecule has 2 rings (SSSR count). The van der Waals surface area contributed by atoms with E-state index in [1.165, 1.54) is 11.3 Å². The minimum absolute atomic E-state index is 0.742. The minimum Gasteiger partial charge on any atom is -0.378 e. The topological polar surface area (TPSA) is 24.1 Å². The maximum Gasteiger partial charge on any atom is 0.0950 e. The molecule has 0 aromatic heterocycles. The highest BCUT2D eigenvalue weighted by Gasteiger charge is 2.06. The van der Waals surface area contributed by atoms with E-state index in [1.807, 2.05) is 12.1 Å². The SMILES string of the molecule is S=C1CNc2ccccc2CN1. The summed E-state index contributed by atoms with van der Waals surface area (Å²) >= 11 is 5.07. The van der Waals surface area contributed by atoms with Crippen LogP contribution in [-0.4, -0.2) is 11.5 Å². The number of rotatable bonds is 0. The predicted octanol–water partition coefficient (Wildman–Crippen LogP) is 1.53. The number of hydrogen-bond donors (Lipinski definition) is 2. The van der Waals surface area contributed by atoms with Crippen LogP contribution < -0.4 is 10.6 Å². The third kappa shape index (κ3) is 1.41. The summed E-state index contributed by atoms with van der Waals surface area (Å²) in [6.07, 6.45) is 0. The van der Waals surface area contributed by atoms with Crippen LogP contribution in [0.1, 0.15) is 5.56 Å². The van der Waals surface area contributed by atoms with Crippen molar-refractivity contribution in [3.05, 3.63) is 29.8 Å². The Morgan fingerprint density at radius 2 is 1.92 bits per heavy atom. The van der Waals surface area contributed by atoms with Crippen LogP contribution in [0.25, 0.3) is 0 Å². The normalized spacial score (nSPS) is 15.5. The molecule has 0 unspecified atom stereocenters. The molecule has 12 heavy (non-hydrogen) atoms. The highest BCUT2D eigenvalue weighted by molar-refractivity contribution is 7.80. The Balaban J connectivity index is 2.32. The summed E-state index contributed by atoms with van der Waals surface area (Å²) in [4.78, 5) is 0.881. The maximum atomic E-state index is 5.07. The Labute approximate surface area is 77.0 Å². The third-order valence-electron chi connectivity index (χ3n) is 1.93. The van der Waals surface area contributed by atoms with Crippen molar-refractivity contribution < 1.29 is 0 Å². The first-order chi connectivity index (χ1) is 5.86. The van der Waals surface area contributed by atoms with Crippen molar-refractivity contribution in [3.8, 4) is 0 Å². The summed E-state index contributed by atoms with van der Waals surface area (Å²) in [6, 6.07) is 8.24. The standard InChI is InChI=1S/C9H10N2S/c12-9-6-10-8-4-2-1-3-7(8)5-11-9/h1-4,10H,5-6H2,(H,11,12). The predicted molar refractivity (Wildman–Crippen MR) is 54.4 cm³/mol. The zero-order valence-electron chi connectivity index (χ0n) is 6.63. The van der Waals surface area contributed by atoms with E-state index in [0.717, 1.165) is 18.1 Å². The zero-order valence-corrected chi connectivity index (χ0v) is 7.45. The summed E-state index contributed by atoms with van der Waals surface area (Å²) in [7, 11) is 0. The number of para-hydroxylation sites is 1. The van der Waals surface area contributed by atoms with Gasteiger partial charge in [0.25, 0.3) is 0 Å². The lowest BCUT2D eigenvalue weighted by Crippen LogP contribution is -2.23. The molecule has 2 nitrogen and oxygen atoms in total. The molecule has 0 amide bonds. The molecule has 1 aliphatic rings. The number of hydrogen-bond acceptors (Lipinski definition) is 2. The molecule has 0 spiro atoms. The molecule has 0 radical (unpaired) electrons. The fourth-order valence-electron chi connectivity index (χ4n) is 1.28. The molecular formula is C9H10N2S. The number of fused-ring (bicyclic) bond motifs is 1. The molecule has 0 saturated heterocycles. The molecule has 1 heterocycles. The van der Waals surface area contributed by atoms with E-state index in [1.54, 1.807) is 0 Å². The van der Waals surface area contributed by atoms with Crippen LogP contribution >= 0.6 is 12.2 Å². The van der Waals surface area contributed by atoms with E-state index in [-0.39, 0.29) is 0 Å². The van der Waals surface area contributed by atoms with Gasteiger partial charge >= 0.3 is 0 Å². The van der Waals surface area contributed by atoms with Gasteiger partial charge in [-0.2, -0.15) is 0 Å². The Kier molecular flexibility index (Phi) is 1.96. The smallest absolute Gasteiger partial charge is 0.0950 e. The Hall–Kier alpha value is -1.09. The van der Waals surface area contributed by atoms with E-state index in [9.17, 15) is 0 Å². The lowest BCUT2D eigenvalue weighted by molar-refractivity contribution is 0.936. The highest BCUT2D eigenvalue weighted by atomic mass is 32.1. The van der Waals surface area contributed by atoms with Crippen molar-refractivity contribution in [1.82, 2.24) is 5.32 Å². The zero-order chi connectivity index (χ0) is 8.39. The van der Waals surface area contributed by atoms with Crippen molar-refractivity contribution >= 4 is 22.9 Å². The van der Waals surface area contributed by atoms with Crippen LogP contribution in [0.15, 0.2) is 24.3 Å². The Morgan fingerprint density at radius 1 is 1.08 bits per heavy atom. The number of benzene rings is 1. The van der Waals surface area contributed by atoms with Crippen LogP contribution in [0, 0.1) is 0 Å². The van der Waals surface area contributed by atoms with E-state index in [2.05, 4.69) is 22.8 Å². The Bertz CT molecular complexity index is 280. The lowest BCUT2D eigenvalue weighted by Gasteiger charge is -2.04. The van der Waals surface area contributed by atoms with E-state index >= 15 is 0 Å². The van der Waals surface area contributed by atoms with Gasteiger partial charge in [0, 0.05) is 12.2 Å². The molecule has 0 saturated carbocycles. The largest absolute Gasteiger partial charge is 0.378 e. The fourth-order valence-corrected chi connectivity index (χ4v) is 1.42. The summed E-state index contributed by atoms with van der Waals surface area (Å²) in [5, 5.41) is 6.44. The van der Waals surface area contributed by atoms with Gasteiger partial charge in [-0.3, -0.25) is 0 Å². The molecule has 0 bridgehead atoms. The van der Waals surface area contributed by atoms with Crippen LogP contribution in [0.5, 0.6) is 0 Å². The van der Waals surface area contributed by atoms with Gasteiger partial charge in [-0.1, -0.05) is 30.4 Å². The van der Waals surface area contributed by atoms with Gasteiger partial charge in [0.05, 0.1) is 11.5 Å². The minimum atomic E-state index is 0.742. The van der Waals surface area contributed by atoms with Gasteiger partial charge in [-0.25, -0.2) is 0 Å². The average Bonchev–Trinajstić information content (AvgIpc) is 2.29. The first kappa shape index (κ1) is 7.55. The van der Waals surface area contributed by atoms with Crippen LogP contribution in [0.3, 0.4) is 0 Å². The fraction of sp³-hybridized carbons (Fsp3) is 0.222. The molecule has 0 fully saturated rings. The second kappa shape index (κ2) is 3.11. The lowest BCUT2D eigenvalue weighted by atomic mass is 10.2. The molecule has 2 N–H and O–H groups in total. The number of nitrogens with one attached hydrogen (secondary N) is 2. The van der Waals surface area contributed by atoms with Crippen molar-refractivity contribution in [2.75, 3.05) is 11.9 Å². The van der Waals surface area contributed by atoms with Crippen LogP contribution in [0.4, 0.5) is 5.69 Å². The molecular weight excluding hydrogens is 168 g/mol. The average molecular weight is 178 g/mol. The van der Waals surface area contributed by atoms with Gasteiger partial charge < -0.3 is 10.6 Å². The van der Waals surface area contributed by atoms with Gasteiger partial charge in [-0.15, -0.1) is 0 Å². The van der Waals surface area contributed by atoms with Gasteiger partial charge in [0.15, 0.2) is 0 Å². The van der Waals surface area contributed by atoms with Gasteiger partial charge in [0.1, 0.15) is 0 Å². The Morgan fingerprint density at radius 3 is 2.83 bits per heavy atom. The van der Waals surface area contributed by atoms with E-state index in [0.29, 0.717) is 0 Å².